The first-order valence-corrected chi connectivity index (χ1v) is 8.01. The van der Waals surface area contributed by atoms with Gasteiger partial charge in [-0.1, -0.05) is 12.1 Å². The number of nitrogens with two attached hydrogens (primary N) is 2. The van der Waals surface area contributed by atoms with Crippen LogP contribution in [0, 0.1) is 17.0 Å². The molecule has 0 radical (unpaired) electrons. The molecule has 4 N–H and O–H groups in total. The molecule has 1 aromatic carbocycles. The van der Waals surface area contributed by atoms with Crippen LogP contribution in [0.2, 0.25) is 0 Å². The van der Waals surface area contributed by atoms with E-state index in [1.807, 2.05) is 11.0 Å². The molecule has 2 heterocycles. The van der Waals surface area contributed by atoms with Crippen LogP contribution in [-0.2, 0) is 0 Å². The van der Waals surface area contributed by atoms with Crippen LogP contribution in [0.3, 0.4) is 0 Å². The number of nitro benzene ring substituents is 1. The standard InChI is InChI=1S/C16H20N6O3/c1-10-3-2-4-12(14(10)22(24)25)20-7-5-11(6-8-20)21-9-19-13(15(21)17)16(18)23/h2-4,9,11H,5-8,17H2,1H3,(H2,18,23). The summed E-state index contributed by atoms with van der Waals surface area (Å²) in [5.74, 6) is -0.378. The van der Waals surface area contributed by atoms with Crippen molar-refractivity contribution in [2.45, 2.75) is 25.8 Å². The van der Waals surface area contributed by atoms with Gasteiger partial charge in [-0.25, -0.2) is 4.98 Å². The Morgan fingerprint density at radius 3 is 2.60 bits per heavy atom. The maximum atomic E-state index is 11.4. The number of anilines is 2. The lowest BCUT2D eigenvalue weighted by Crippen LogP contribution is -2.35. The van der Waals surface area contributed by atoms with E-state index < -0.39 is 5.91 Å². The number of nitro groups is 1. The summed E-state index contributed by atoms with van der Waals surface area (Å²) < 4.78 is 1.77. The van der Waals surface area contributed by atoms with Crippen LogP contribution >= 0.6 is 0 Å². The molecule has 1 fully saturated rings. The summed E-state index contributed by atoms with van der Waals surface area (Å²) in [5.41, 5.74) is 12.7. The van der Waals surface area contributed by atoms with Gasteiger partial charge in [-0.2, -0.15) is 0 Å². The Morgan fingerprint density at radius 2 is 2.04 bits per heavy atom. The molecule has 1 amide bonds. The van der Waals surface area contributed by atoms with Crippen molar-refractivity contribution in [1.29, 1.82) is 0 Å². The summed E-state index contributed by atoms with van der Waals surface area (Å²) in [4.78, 5) is 28.3. The van der Waals surface area contributed by atoms with Crippen molar-refractivity contribution in [3.05, 3.63) is 45.9 Å². The Balaban J connectivity index is 1.78. The van der Waals surface area contributed by atoms with Crippen LogP contribution in [-0.4, -0.2) is 33.5 Å². The van der Waals surface area contributed by atoms with Gasteiger partial charge in [0.1, 0.15) is 11.5 Å². The molecular weight excluding hydrogens is 324 g/mol. The Kier molecular flexibility index (Phi) is 4.30. The lowest BCUT2D eigenvalue weighted by molar-refractivity contribution is -0.384. The first-order valence-electron chi connectivity index (χ1n) is 8.01. The zero-order chi connectivity index (χ0) is 18.1. The SMILES string of the molecule is Cc1cccc(N2CCC(n3cnc(C(N)=O)c3N)CC2)c1[N+](=O)[O-]. The van der Waals surface area contributed by atoms with Gasteiger partial charge in [-0.05, 0) is 25.8 Å². The van der Waals surface area contributed by atoms with Gasteiger partial charge in [-0.15, -0.1) is 0 Å². The van der Waals surface area contributed by atoms with E-state index in [4.69, 9.17) is 11.5 Å². The predicted octanol–water partition coefficient (Wildman–Crippen LogP) is 1.62. The van der Waals surface area contributed by atoms with Crippen molar-refractivity contribution in [1.82, 2.24) is 9.55 Å². The van der Waals surface area contributed by atoms with E-state index in [-0.39, 0.29) is 28.2 Å². The fourth-order valence-corrected chi connectivity index (χ4v) is 3.37. The van der Waals surface area contributed by atoms with E-state index in [0.717, 1.165) is 12.8 Å². The zero-order valence-electron chi connectivity index (χ0n) is 13.9. The Bertz CT molecular complexity index is 823. The summed E-state index contributed by atoms with van der Waals surface area (Å²) in [6.45, 7) is 3.04. The number of primary amides is 1. The smallest absolute Gasteiger partial charge is 0.295 e. The van der Waals surface area contributed by atoms with Gasteiger partial charge in [0.2, 0.25) is 0 Å². The van der Waals surface area contributed by atoms with Gasteiger partial charge in [0.15, 0.2) is 5.69 Å². The molecule has 25 heavy (non-hydrogen) atoms. The molecule has 1 aromatic heterocycles. The molecule has 0 unspecified atom stereocenters. The van der Waals surface area contributed by atoms with Crippen LogP contribution in [0.15, 0.2) is 24.5 Å². The number of aryl methyl sites for hydroxylation is 1. The summed E-state index contributed by atoms with van der Waals surface area (Å²) in [7, 11) is 0. The summed E-state index contributed by atoms with van der Waals surface area (Å²) >= 11 is 0. The van der Waals surface area contributed by atoms with Gasteiger partial charge in [0, 0.05) is 24.7 Å². The van der Waals surface area contributed by atoms with Crippen molar-refractivity contribution in [2.24, 2.45) is 5.73 Å². The second-order valence-corrected chi connectivity index (χ2v) is 6.17. The van der Waals surface area contributed by atoms with Crippen LogP contribution in [0.1, 0.15) is 34.9 Å². The molecule has 1 aliphatic heterocycles. The highest BCUT2D eigenvalue weighted by Crippen LogP contribution is 2.35. The van der Waals surface area contributed by atoms with Crippen LogP contribution < -0.4 is 16.4 Å². The highest BCUT2D eigenvalue weighted by molar-refractivity contribution is 5.95. The second-order valence-electron chi connectivity index (χ2n) is 6.17. The minimum absolute atomic E-state index is 0.0803. The number of imidazole rings is 1. The number of piperidine rings is 1. The maximum Gasteiger partial charge on any atom is 0.295 e. The quantitative estimate of drug-likeness (QED) is 0.639. The highest BCUT2D eigenvalue weighted by Gasteiger charge is 2.28. The molecule has 0 atom stereocenters. The molecule has 2 aromatic rings. The molecule has 9 heteroatoms. The predicted molar refractivity (Wildman–Crippen MR) is 93.5 cm³/mol. The van der Waals surface area contributed by atoms with Crippen molar-refractivity contribution in [3.8, 4) is 0 Å². The van der Waals surface area contributed by atoms with Crippen LogP contribution in [0.5, 0.6) is 0 Å². The Hall–Kier alpha value is -3.10. The van der Waals surface area contributed by atoms with Crippen molar-refractivity contribution >= 4 is 23.1 Å². The van der Waals surface area contributed by atoms with Gasteiger partial charge in [0.05, 0.1) is 11.3 Å². The fourth-order valence-electron chi connectivity index (χ4n) is 3.37. The number of benzene rings is 1. The Labute approximate surface area is 144 Å². The molecule has 9 nitrogen and oxygen atoms in total. The number of rotatable bonds is 4. The van der Waals surface area contributed by atoms with Gasteiger partial charge >= 0.3 is 0 Å². The third-order valence-electron chi connectivity index (χ3n) is 4.66. The molecule has 132 valence electrons. The second kappa shape index (κ2) is 6.42. The number of hydrogen-bond donors (Lipinski definition) is 2. The average molecular weight is 344 g/mol. The van der Waals surface area contributed by atoms with Crippen LogP contribution in [0.25, 0.3) is 0 Å². The fraction of sp³-hybridized carbons (Fsp3) is 0.375. The summed E-state index contributed by atoms with van der Waals surface area (Å²) in [6, 6.07) is 5.44. The molecule has 1 saturated heterocycles. The number of nitrogen functional groups attached to an aromatic ring is 1. The number of carbonyl (C=O) groups is 1. The third kappa shape index (κ3) is 3.00. The zero-order valence-corrected chi connectivity index (χ0v) is 13.9. The topological polar surface area (TPSA) is 133 Å². The summed E-state index contributed by atoms with van der Waals surface area (Å²) in [5, 5.41) is 11.4. The van der Waals surface area contributed by atoms with Crippen LogP contribution in [0.4, 0.5) is 17.2 Å². The Morgan fingerprint density at radius 1 is 1.36 bits per heavy atom. The number of hydrogen-bond acceptors (Lipinski definition) is 6. The molecule has 0 aliphatic carbocycles. The van der Waals surface area contributed by atoms with E-state index in [1.54, 1.807) is 23.6 Å². The van der Waals surface area contributed by atoms with Gasteiger partial charge in [-0.3, -0.25) is 14.9 Å². The minimum Gasteiger partial charge on any atom is -0.383 e. The molecule has 3 rings (SSSR count). The number of carbonyl (C=O) groups excluding carboxylic acids is 1. The minimum atomic E-state index is -0.649. The lowest BCUT2D eigenvalue weighted by atomic mass is 10.0. The molecule has 0 saturated carbocycles. The van der Waals surface area contributed by atoms with Gasteiger partial charge in [0.25, 0.3) is 11.6 Å². The van der Waals surface area contributed by atoms with E-state index in [9.17, 15) is 14.9 Å². The summed E-state index contributed by atoms with van der Waals surface area (Å²) in [6.07, 6.45) is 3.01. The van der Waals surface area contributed by atoms with Crippen molar-refractivity contribution in [2.75, 3.05) is 23.7 Å². The number of nitrogens with zero attached hydrogens (tertiary/aromatic N) is 4. The van der Waals surface area contributed by atoms with Crippen molar-refractivity contribution in [3.63, 3.8) is 0 Å². The molecule has 1 aliphatic rings. The molecule has 0 bridgehead atoms. The van der Waals surface area contributed by atoms with Crippen molar-refractivity contribution < 1.29 is 9.72 Å². The van der Waals surface area contributed by atoms with E-state index in [2.05, 4.69) is 4.98 Å². The highest BCUT2D eigenvalue weighted by atomic mass is 16.6. The molecular formula is C16H20N6O3. The van der Waals surface area contributed by atoms with E-state index >= 15 is 0 Å². The lowest BCUT2D eigenvalue weighted by Gasteiger charge is -2.34. The first kappa shape index (κ1) is 16.7. The average Bonchev–Trinajstić information content (AvgIpc) is 2.96. The normalized spacial score (nSPS) is 15.3. The first-order chi connectivity index (χ1) is 11.9. The number of amides is 1. The third-order valence-corrected chi connectivity index (χ3v) is 4.66. The van der Waals surface area contributed by atoms with E-state index in [0.29, 0.717) is 24.3 Å². The number of para-hydroxylation sites is 1. The number of aromatic nitrogens is 2. The maximum absolute atomic E-state index is 11.4. The largest absolute Gasteiger partial charge is 0.383 e. The van der Waals surface area contributed by atoms with Gasteiger partial charge < -0.3 is 20.9 Å². The molecule has 0 spiro atoms. The van der Waals surface area contributed by atoms with E-state index in [1.165, 1.54) is 6.33 Å². The monoisotopic (exact) mass is 344 g/mol.